The number of unbranched alkanes of at least 4 members (excludes halogenated alkanes) is 16. The molecule has 0 aromatic carbocycles. The van der Waals surface area contributed by atoms with Gasteiger partial charge in [-0.3, -0.25) is 9.59 Å². The van der Waals surface area contributed by atoms with Crippen molar-refractivity contribution in [3.63, 3.8) is 0 Å². The minimum absolute atomic E-state index is 0.171. The number of rotatable bonds is 24. The highest BCUT2D eigenvalue weighted by atomic mass is 16.5. The Morgan fingerprint density at radius 3 is 1.34 bits per heavy atom. The van der Waals surface area contributed by atoms with E-state index >= 15 is 0 Å². The molecule has 0 aliphatic carbocycles. The van der Waals surface area contributed by atoms with Gasteiger partial charge in [-0.05, 0) is 25.7 Å². The van der Waals surface area contributed by atoms with Crippen LogP contribution < -0.4 is 0 Å². The van der Waals surface area contributed by atoms with Gasteiger partial charge in [-0.15, -0.1) is 0 Å². The maximum absolute atomic E-state index is 11.9. The maximum Gasteiger partial charge on any atom is 0.309 e. The lowest BCUT2D eigenvalue weighted by Crippen LogP contribution is -2.30. The molecular formula is C28H54O4. The first-order chi connectivity index (χ1) is 15.5. The van der Waals surface area contributed by atoms with Gasteiger partial charge >= 0.3 is 11.9 Å². The number of aliphatic carboxylic acids is 1. The van der Waals surface area contributed by atoms with Crippen LogP contribution in [0, 0.1) is 5.41 Å². The average molecular weight is 455 g/mol. The monoisotopic (exact) mass is 454 g/mol. The minimum Gasteiger partial charge on any atom is -0.481 e. The number of hydrogen-bond acceptors (Lipinski definition) is 3. The normalized spacial score (nSPS) is 13.1. The first-order valence-corrected chi connectivity index (χ1v) is 13.8. The predicted molar refractivity (Wildman–Crippen MR) is 135 cm³/mol. The lowest BCUT2D eigenvalue weighted by molar-refractivity contribution is -0.150. The summed E-state index contributed by atoms with van der Waals surface area (Å²) >= 11 is 0. The average Bonchev–Trinajstić information content (AvgIpc) is 2.77. The van der Waals surface area contributed by atoms with Crippen LogP contribution in [-0.4, -0.2) is 23.7 Å². The Morgan fingerprint density at radius 2 is 1.00 bits per heavy atom. The van der Waals surface area contributed by atoms with Gasteiger partial charge in [0.2, 0.25) is 0 Å². The molecule has 4 heteroatoms. The summed E-state index contributed by atoms with van der Waals surface area (Å²) in [4.78, 5) is 22.6. The van der Waals surface area contributed by atoms with Crippen LogP contribution in [0.1, 0.15) is 156 Å². The quantitative estimate of drug-likeness (QED) is 0.117. The molecule has 0 fully saturated rings. The first-order valence-electron chi connectivity index (χ1n) is 13.8. The highest BCUT2D eigenvalue weighted by Crippen LogP contribution is 2.35. The van der Waals surface area contributed by atoms with Crippen LogP contribution >= 0.6 is 0 Å². The molecule has 0 aliphatic rings. The smallest absolute Gasteiger partial charge is 0.309 e. The largest absolute Gasteiger partial charge is 0.481 e. The van der Waals surface area contributed by atoms with Crippen molar-refractivity contribution in [2.75, 3.05) is 6.61 Å². The van der Waals surface area contributed by atoms with Gasteiger partial charge in [0.25, 0.3) is 0 Å². The second-order valence-corrected chi connectivity index (χ2v) is 9.79. The summed E-state index contributed by atoms with van der Waals surface area (Å²) in [7, 11) is 0. The summed E-state index contributed by atoms with van der Waals surface area (Å²) in [5.41, 5.74) is -0.476. The highest BCUT2D eigenvalue weighted by molar-refractivity contribution is 5.74. The van der Waals surface area contributed by atoms with Gasteiger partial charge in [-0.25, -0.2) is 0 Å². The summed E-state index contributed by atoms with van der Waals surface area (Å²) in [6.07, 6.45) is 24.7. The molecule has 1 atom stereocenters. The van der Waals surface area contributed by atoms with Crippen LogP contribution in [0.2, 0.25) is 0 Å². The van der Waals surface area contributed by atoms with Gasteiger partial charge in [-0.2, -0.15) is 0 Å². The Kier molecular flexibility index (Phi) is 21.0. The van der Waals surface area contributed by atoms with E-state index in [2.05, 4.69) is 13.8 Å². The third-order valence-electron chi connectivity index (χ3n) is 6.99. The minimum atomic E-state index is -0.571. The van der Waals surface area contributed by atoms with E-state index in [1.807, 2.05) is 0 Å². The third-order valence-corrected chi connectivity index (χ3v) is 6.99. The molecule has 4 nitrogen and oxygen atoms in total. The molecule has 0 saturated carbocycles. The van der Waals surface area contributed by atoms with E-state index in [-0.39, 0.29) is 5.97 Å². The molecule has 0 aliphatic heterocycles. The summed E-state index contributed by atoms with van der Waals surface area (Å²) in [6.45, 7) is 6.30. The molecule has 0 radical (unpaired) electrons. The molecule has 0 aromatic rings. The second kappa shape index (κ2) is 21.8. The molecule has 1 unspecified atom stereocenters. The third kappa shape index (κ3) is 17.5. The fraction of sp³-hybridized carbons (Fsp3) is 0.929. The van der Waals surface area contributed by atoms with E-state index in [0.29, 0.717) is 6.61 Å². The number of hydrogen-bond donors (Lipinski definition) is 1. The zero-order valence-electron chi connectivity index (χ0n) is 21.7. The SMILES string of the molecule is CCCCCCC(CC)(CCCCCCCCCCCCCCCCOC(C)=O)C(=O)O. The molecule has 0 bridgehead atoms. The van der Waals surface area contributed by atoms with Gasteiger partial charge < -0.3 is 9.84 Å². The Bertz CT molecular complexity index is 449. The van der Waals surface area contributed by atoms with E-state index in [1.54, 1.807) is 0 Å². The molecule has 32 heavy (non-hydrogen) atoms. The summed E-state index contributed by atoms with van der Waals surface area (Å²) in [5, 5.41) is 9.81. The van der Waals surface area contributed by atoms with Crippen molar-refractivity contribution in [2.24, 2.45) is 5.41 Å². The fourth-order valence-electron chi connectivity index (χ4n) is 4.64. The number of carbonyl (C=O) groups excluding carboxylic acids is 1. The second-order valence-electron chi connectivity index (χ2n) is 9.79. The summed E-state index contributed by atoms with van der Waals surface area (Å²) in [5.74, 6) is -0.742. The van der Waals surface area contributed by atoms with Gasteiger partial charge in [0.05, 0.1) is 12.0 Å². The van der Waals surface area contributed by atoms with Crippen molar-refractivity contribution in [1.82, 2.24) is 0 Å². The number of esters is 1. The van der Waals surface area contributed by atoms with Crippen molar-refractivity contribution in [2.45, 2.75) is 156 Å². The van der Waals surface area contributed by atoms with Gasteiger partial charge in [0.1, 0.15) is 0 Å². The van der Waals surface area contributed by atoms with Crippen LogP contribution in [0.3, 0.4) is 0 Å². The molecular weight excluding hydrogens is 400 g/mol. The number of ether oxygens (including phenoxy) is 1. The summed E-state index contributed by atoms with van der Waals surface area (Å²) in [6, 6.07) is 0. The van der Waals surface area contributed by atoms with Crippen molar-refractivity contribution >= 4 is 11.9 Å². The molecule has 0 heterocycles. The molecule has 0 rings (SSSR count). The first kappa shape index (κ1) is 30.9. The Hall–Kier alpha value is -1.06. The number of carboxylic acids is 1. The zero-order valence-corrected chi connectivity index (χ0v) is 21.7. The van der Waals surface area contributed by atoms with Crippen molar-refractivity contribution < 1.29 is 19.4 Å². The van der Waals surface area contributed by atoms with E-state index in [4.69, 9.17) is 4.74 Å². The molecule has 1 N–H and O–H groups in total. The van der Waals surface area contributed by atoms with E-state index < -0.39 is 11.4 Å². The molecule has 0 amide bonds. The van der Waals surface area contributed by atoms with Crippen molar-refractivity contribution in [1.29, 1.82) is 0 Å². The van der Waals surface area contributed by atoms with Crippen LogP contribution in [-0.2, 0) is 14.3 Å². The van der Waals surface area contributed by atoms with Crippen LogP contribution in [0.15, 0.2) is 0 Å². The van der Waals surface area contributed by atoms with Crippen LogP contribution in [0.4, 0.5) is 0 Å². The van der Waals surface area contributed by atoms with Gasteiger partial charge in [0, 0.05) is 6.92 Å². The Balaban J connectivity index is 3.54. The molecule has 0 spiro atoms. The topological polar surface area (TPSA) is 63.6 Å². The standard InChI is InChI=1S/C28H54O4/c1-4-6-7-20-23-28(5-2,27(30)31)24-21-18-16-14-12-10-8-9-11-13-15-17-19-22-25-32-26(3)29/h4-25H2,1-3H3,(H,30,31). The van der Waals surface area contributed by atoms with Crippen molar-refractivity contribution in [3.8, 4) is 0 Å². The van der Waals surface area contributed by atoms with Crippen molar-refractivity contribution in [3.05, 3.63) is 0 Å². The lowest BCUT2D eigenvalue weighted by Gasteiger charge is -2.28. The lowest BCUT2D eigenvalue weighted by atomic mass is 9.76. The van der Waals surface area contributed by atoms with E-state index in [0.717, 1.165) is 44.9 Å². The fourth-order valence-corrected chi connectivity index (χ4v) is 4.64. The van der Waals surface area contributed by atoms with Gasteiger partial charge in [0.15, 0.2) is 0 Å². The number of carbonyl (C=O) groups is 2. The van der Waals surface area contributed by atoms with Gasteiger partial charge in [-0.1, -0.05) is 123 Å². The Labute approximate surface area is 199 Å². The highest BCUT2D eigenvalue weighted by Gasteiger charge is 2.35. The van der Waals surface area contributed by atoms with E-state index in [9.17, 15) is 14.7 Å². The molecule has 0 saturated heterocycles. The zero-order chi connectivity index (χ0) is 23.9. The Morgan fingerprint density at radius 1 is 0.625 bits per heavy atom. The molecule has 0 aromatic heterocycles. The maximum atomic E-state index is 11.9. The number of carboxylic acid groups (broad SMARTS) is 1. The molecule has 190 valence electrons. The van der Waals surface area contributed by atoms with E-state index in [1.165, 1.54) is 96.8 Å². The summed E-state index contributed by atoms with van der Waals surface area (Å²) < 4.78 is 4.94. The predicted octanol–water partition coefficient (Wildman–Crippen LogP) is 8.85. The van der Waals surface area contributed by atoms with Crippen LogP contribution in [0.25, 0.3) is 0 Å². The van der Waals surface area contributed by atoms with Crippen LogP contribution in [0.5, 0.6) is 0 Å².